The van der Waals surface area contributed by atoms with E-state index >= 15 is 0 Å². The number of rotatable bonds is 15. The molecule has 236 valence electrons. The highest BCUT2D eigenvalue weighted by atomic mass is 32.1. The largest absolute Gasteiger partial charge is 0.379 e. The highest BCUT2D eigenvalue weighted by molar-refractivity contribution is 7.18. The lowest BCUT2D eigenvalue weighted by Gasteiger charge is -2.29. The average molecular weight is 611 g/mol. The number of carbonyl (C=O) groups is 3. The van der Waals surface area contributed by atoms with Crippen molar-refractivity contribution in [1.82, 2.24) is 20.5 Å². The quantitative estimate of drug-likeness (QED) is 0.262. The monoisotopic (exact) mass is 610 g/mol. The Hall–Kier alpha value is -2.62. The molecule has 9 heteroatoms. The van der Waals surface area contributed by atoms with Gasteiger partial charge in [-0.3, -0.25) is 19.3 Å². The van der Waals surface area contributed by atoms with E-state index in [9.17, 15) is 14.4 Å². The van der Waals surface area contributed by atoms with E-state index in [2.05, 4.69) is 48.1 Å². The van der Waals surface area contributed by atoms with Crippen LogP contribution in [0.4, 0.5) is 0 Å². The van der Waals surface area contributed by atoms with Gasteiger partial charge < -0.3 is 15.4 Å². The number of ketones is 1. The van der Waals surface area contributed by atoms with Gasteiger partial charge in [0, 0.05) is 57.6 Å². The first-order valence-corrected chi connectivity index (χ1v) is 16.9. The minimum absolute atomic E-state index is 0.0616. The van der Waals surface area contributed by atoms with Crippen LogP contribution < -0.4 is 10.6 Å². The highest BCUT2D eigenvalue weighted by Gasteiger charge is 2.28. The number of ether oxygens (including phenoxy) is 1. The molecule has 1 aliphatic carbocycles. The van der Waals surface area contributed by atoms with Crippen LogP contribution in [-0.2, 0) is 25.5 Å². The maximum atomic E-state index is 13.8. The molecular weight excluding hydrogens is 560 g/mol. The Morgan fingerprint density at radius 2 is 1.88 bits per heavy atom. The van der Waals surface area contributed by atoms with E-state index in [-0.39, 0.29) is 30.1 Å². The van der Waals surface area contributed by atoms with Gasteiger partial charge in [-0.15, -0.1) is 11.3 Å². The van der Waals surface area contributed by atoms with Crippen molar-refractivity contribution in [3.63, 3.8) is 0 Å². The molecule has 2 aliphatic rings. The molecule has 43 heavy (non-hydrogen) atoms. The molecule has 1 saturated heterocycles. The molecule has 0 bridgehead atoms. The summed E-state index contributed by atoms with van der Waals surface area (Å²) in [6.07, 6.45) is 8.33. The van der Waals surface area contributed by atoms with E-state index < -0.39 is 5.92 Å². The van der Waals surface area contributed by atoms with Gasteiger partial charge in [0.15, 0.2) is 5.78 Å². The first-order chi connectivity index (χ1) is 20.7. The van der Waals surface area contributed by atoms with Crippen molar-refractivity contribution in [3.8, 4) is 0 Å². The fourth-order valence-corrected chi connectivity index (χ4v) is 7.32. The lowest BCUT2D eigenvalue weighted by Crippen LogP contribution is -2.42. The van der Waals surface area contributed by atoms with Gasteiger partial charge in [0.05, 0.1) is 34.4 Å². The topological polar surface area (TPSA) is 101 Å². The minimum atomic E-state index is -0.536. The van der Waals surface area contributed by atoms with Crippen molar-refractivity contribution in [2.75, 3.05) is 39.9 Å². The molecule has 2 atom stereocenters. The molecule has 0 unspecified atom stereocenters. The molecule has 2 heterocycles. The van der Waals surface area contributed by atoms with Gasteiger partial charge in [-0.05, 0) is 42.4 Å². The number of morpholine rings is 1. The van der Waals surface area contributed by atoms with Crippen molar-refractivity contribution in [2.24, 2.45) is 11.8 Å². The van der Waals surface area contributed by atoms with Gasteiger partial charge in [-0.1, -0.05) is 58.6 Å². The Morgan fingerprint density at radius 1 is 1.14 bits per heavy atom. The fourth-order valence-electron chi connectivity index (χ4n) is 6.22. The Labute approximate surface area is 261 Å². The van der Waals surface area contributed by atoms with E-state index in [4.69, 9.17) is 9.72 Å². The number of aromatic nitrogens is 1. The highest BCUT2D eigenvalue weighted by Crippen LogP contribution is 2.30. The summed E-state index contributed by atoms with van der Waals surface area (Å²) in [6, 6.07) is 6.21. The SMILES string of the molecule is C=C(CN1CCOCC1)C(=O)CC[C@H](CC1CCCCC1)NC(=O)[C@@H](CC(=O)NC)Cc1nc2ccc(C(C)C)cc2s1. The Kier molecular flexibility index (Phi) is 12.7. The summed E-state index contributed by atoms with van der Waals surface area (Å²) in [6.45, 7) is 12.0. The maximum Gasteiger partial charge on any atom is 0.224 e. The molecule has 0 radical (unpaired) electrons. The van der Waals surface area contributed by atoms with Crippen LogP contribution in [-0.4, -0.2) is 73.4 Å². The lowest BCUT2D eigenvalue weighted by atomic mass is 9.83. The first kappa shape index (κ1) is 33.3. The van der Waals surface area contributed by atoms with Crippen LogP contribution >= 0.6 is 11.3 Å². The summed E-state index contributed by atoms with van der Waals surface area (Å²) in [5, 5.41) is 6.84. The fraction of sp³-hybridized carbons (Fsp3) is 0.647. The van der Waals surface area contributed by atoms with Gasteiger partial charge in [0.1, 0.15) is 0 Å². The van der Waals surface area contributed by atoms with Gasteiger partial charge in [-0.2, -0.15) is 0 Å². The van der Waals surface area contributed by atoms with Crippen molar-refractivity contribution in [2.45, 2.75) is 90.0 Å². The minimum Gasteiger partial charge on any atom is -0.379 e. The molecule has 2 aromatic rings. The Balaban J connectivity index is 1.43. The van der Waals surface area contributed by atoms with E-state index in [0.717, 1.165) is 47.6 Å². The summed E-state index contributed by atoms with van der Waals surface area (Å²) in [5.41, 5.74) is 2.81. The third kappa shape index (κ3) is 10.2. The number of carbonyl (C=O) groups excluding carboxylic acids is 3. The number of Topliss-reactive ketones (excluding diaryl/α,β-unsaturated/α-hetero) is 1. The Morgan fingerprint density at radius 3 is 2.58 bits per heavy atom. The summed E-state index contributed by atoms with van der Waals surface area (Å²) < 4.78 is 6.52. The second-order valence-corrected chi connectivity index (χ2v) is 13.8. The van der Waals surface area contributed by atoms with Crippen molar-refractivity contribution < 1.29 is 19.1 Å². The maximum absolute atomic E-state index is 13.8. The van der Waals surface area contributed by atoms with Crippen molar-refractivity contribution in [3.05, 3.63) is 40.9 Å². The first-order valence-electron chi connectivity index (χ1n) is 16.1. The predicted molar refractivity (Wildman–Crippen MR) is 173 cm³/mol. The zero-order valence-corrected chi connectivity index (χ0v) is 27.1. The lowest BCUT2D eigenvalue weighted by molar-refractivity contribution is -0.130. The van der Waals surface area contributed by atoms with Gasteiger partial charge in [0.2, 0.25) is 11.8 Å². The zero-order valence-electron chi connectivity index (χ0n) is 26.3. The second kappa shape index (κ2) is 16.5. The molecule has 0 spiro atoms. The molecular formula is C34H50N4O4S. The number of thiazole rings is 1. The number of fused-ring (bicyclic) bond motifs is 1. The molecule has 8 nitrogen and oxygen atoms in total. The van der Waals surface area contributed by atoms with Gasteiger partial charge in [0.25, 0.3) is 0 Å². The molecule has 1 aromatic heterocycles. The van der Waals surface area contributed by atoms with Crippen molar-refractivity contribution in [1.29, 1.82) is 0 Å². The van der Waals surface area contributed by atoms with Crippen LogP contribution in [0.2, 0.25) is 0 Å². The summed E-state index contributed by atoms with van der Waals surface area (Å²) >= 11 is 1.60. The van der Waals surface area contributed by atoms with E-state index in [1.807, 2.05) is 6.07 Å². The molecule has 2 fully saturated rings. The van der Waals surface area contributed by atoms with E-state index in [1.54, 1.807) is 18.4 Å². The Bertz CT molecular complexity index is 1250. The summed E-state index contributed by atoms with van der Waals surface area (Å²) in [4.78, 5) is 46.4. The average Bonchev–Trinajstić information content (AvgIpc) is 3.41. The van der Waals surface area contributed by atoms with Crippen LogP contribution in [0, 0.1) is 11.8 Å². The number of hydrogen-bond acceptors (Lipinski definition) is 7. The molecule has 2 amide bonds. The van der Waals surface area contributed by atoms with E-state index in [0.29, 0.717) is 56.4 Å². The normalized spacial score (nSPS) is 18.0. The standard InChI is InChI=1S/C34H50N4O4S/c1-23(2)26-10-12-29-31(19-26)43-33(37-29)21-27(20-32(40)35-4)34(41)36-28(18-25-8-6-5-7-9-25)11-13-30(39)24(3)22-38-14-16-42-17-15-38/h10,12,19,23,25,27-28H,3,5-9,11,13-18,20-22H2,1-2,4H3,(H,35,40)(H,36,41)/t27-,28+/m0/s1. The number of hydrogen-bond donors (Lipinski definition) is 2. The van der Waals surface area contributed by atoms with Crippen LogP contribution in [0.1, 0.15) is 88.1 Å². The number of amides is 2. The van der Waals surface area contributed by atoms with Gasteiger partial charge >= 0.3 is 0 Å². The van der Waals surface area contributed by atoms with Crippen LogP contribution in [0.15, 0.2) is 30.4 Å². The number of benzene rings is 1. The third-order valence-corrected chi connectivity index (χ3v) is 9.99. The smallest absolute Gasteiger partial charge is 0.224 e. The molecule has 1 saturated carbocycles. The summed E-state index contributed by atoms with van der Waals surface area (Å²) in [5.74, 6) is 0.194. The van der Waals surface area contributed by atoms with Crippen LogP contribution in [0.25, 0.3) is 10.2 Å². The third-order valence-electron chi connectivity index (χ3n) is 8.95. The predicted octanol–water partition coefficient (Wildman–Crippen LogP) is 5.41. The molecule has 2 N–H and O–H groups in total. The number of nitrogens with zero attached hydrogens (tertiary/aromatic N) is 2. The number of nitrogens with one attached hydrogen (secondary N) is 2. The molecule has 1 aliphatic heterocycles. The van der Waals surface area contributed by atoms with Gasteiger partial charge in [-0.25, -0.2) is 4.98 Å². The zero-order chi connectivity index (χ0) is 30.8. The molecule has 1 aromatic carbocycles. The molecule has 4 rings (SSSR count). The van der Waals surface area contributed by atoms with E-state index in [1.165, 1.54) is 24.8 Å². The van der Waals surface area contributed by atoms with Crippen LogP contribution in [0.5, 0.6) is 0 Å². The second-order valence-electron chi connectivity index (χ2n) is 12.7. The summed E-state index contributed by atoms with van der Waals surface area (Å²) in [7, 11) is 1.60. The van der Waals surface area contributed by atoms with Crippen molar-refractivity contribution >= 4 is 39.2 Å². The van der Waals surface area contributed by atoms with Crippen LogP contribution in [0.3, 0.4) is 0 Å².